The van der Waals surface area contributed by atoms with Crippen LogP contribution in [0.1, 0.15) is 28.4 Å². The fourth-order valence-corrected chi connectivity index (χ4v) is 2.78. The summed E-state index contributed by atoms with van der Waals surface area (Å²) in [5.74, 6) is -1.16. The minimum absolute atomic E-state index is 0.0171. The predicted octanol–water partition coefficient (Wildman–Crippen LogP) is 4.67. The van der Waals surface area contributed by atoms with E-state index >= 15 is 0 Å². The molecular formula is C17H12F3NO2. The van der Waals surface area contributed by atoms with E-state index in [-0.39, 0.29) is 16.6 Å². The lowest BCUT2D eigenvalue weighted by Crippen LogP contribution is -2.06. The van der Waals surface area contributed by atoms with E-state index in [0.717, 1.165) is 17.7 Å². The molecule has 2 aromatic carbocycles. The molecule has 0 aliphatic rings. The number of aromatic carboxylic acids is 1. The van der Waals surface area contributed by atoms with E-state index in [1.54, 1.807) is 12.1 Å². The van der Waals surface area contributed by atoms with Crippen LogP contribution in [0.5, 0.6) is 0 Å². The summed E-state index contributed by atoms with van der Waals surface area (Å²) in [7, 11) is 0. The van der Waals surface area contributed by atoms with Crippen molar-refractivity contribution in [3.8, 4) is 0 Å². The molecule has 0 aliphatic carbocycles. The van der Waals surface area contributed by atoms with Gasteiger partial charge in [0.05, 0.1) is 22.2 Å². The van der Waals surface area contributed by atoms with Crippen LogP contribution in [0.3, 0.4) is 0 Å². The molecule has 0 unspecified atom stereocenters. The lowest BCUT2D eigenvalue weighted by atomic mass is 9.97. The number of para-hydroxylation sites is 1. The van der Waals surface area contributed by atoms with Crippen LogP contribution < -0.4 is 0 Å². The zero-order chi connectivity index (χ0) is 16.8. The molecule has 6 heteroatoms. The highest BCUT2D eigenvalue weighted by atomic mass is 19.4. The second kappa shape index (κ2) is 5.22. The largest absolute Gasteiger partial charge is 0.478 e. The summed E-state index contributed by atoms with van der Waals surface area (Å²) in [4.78, 5) is 15.6. The predicted molar refractivity (Wildman–Crippen MR) is 80.6 cm³/mol. The molecule has 0 fully saturated rings. The zero-order valence-corrected chi connectivity index (χ0v) is 12.1. The number of pyridine rings is 1. The lowest BCUT2D eigenvalue weighted by molar-refractivity contribution is -0.137. The topological polar surface area (TPSA) is 50.2 Å². The Morgan fingerprint density at radius 1 is 1.17 bits per heavy atom. The summed E-state index contributed by atoms with van der Waals surface area (Å²) in [6.07, 6.45) is -3.91. The number of aryl methyl sites for hydroxylation is 1. The maximum atomic E-state index is 12.9. The van der Waals surface area contributed by atoms with Crippen molar-refractivity contribution in [2.24, 2.45) is 0 Å². The Hall–Kier alpha value is -2.63. The number of carboxylic acid groups (broad SMARTS) is 1. The van der Waals surface area contributed by atoms with Gasteiger partial charge in [0.15, 0.2) is 0 Å². The second-order valence-corrected chi connectivity index (χ2v) is 5.18. The summed E-state index contributed by atoms with van der Waals surface area (Å²) in [6.45, 7) is 1.87. The fourth-order valence-electron chi connectivity index (χ4n) is 2.78. The zero-order valence-electron chi connectivity index (χ0n) is 12.1. The Labute approximate surface area is 129 Å². The number of carbonyl (C=O) groups is 1. The lowest BCUT2D eigenvalue weighted by Gasteiger charge is -2.13. The van der Waals surface area contributed by atoms with Crippen molar-refractivity contribution in [1.29, 1.82) is 0 Å². The van der Waals surface area contributed by atoms with Gasteiger partial charge in [0.2, 0.25) is 0 Å². The van der Waals surface area contributed by atoms with Crippen LogP contribution in [0.4, 0.5) is 13.2 Å². The molecule has 1 heterocycles. The second-order valence-electron chi connectivity index (χ2n) is 5.18. The van der Waals surface area contributed by atoms with Gasteiger partial charge in [-0.15, -0.1) is 0 Å². The van der Waals surface area contributed by atoms with Gasteiger partial charge in [-0.2, -0.15) is 13.2 Å². The molecule has 118 valence electrons. The highest BCUT2D eigenvalue weighted by Crippen LogP contribution is 2.34. The van der Waals surface area contributed by atoms with Crippen LogP contribution in [-0.2, 0) is 12.6 Å². The third-order valence-corrected chi connectivity index (χ3v) is 3.83. The first-order valence-electron chi connectivity index (χ1n) is 6.98. The van der Waals surface area contributed by atoms with Gasteiger partial charge < -0.3 is 5.11 Å². The van der Waals surface area contributed by atoms with Crippen molar-refractivity contribution in [3.63, 3.8) is 0 Å². The minimum Gasteiger partial charge on any atom is -0.478 e. The summed E-state index contributed by atoms with van der Waals surface area (Å²) in [5, 5.41) is 10.5. The molecule has 0 bridgehead atoms. The molecular weight excluding hydrogens is 307 g/mol. The van der Waals surface area contributed by atoms with Crippen molar-refractivity contribution < 1.29 is 23.1 Å². The average Bonchev–Trinajstić information content (AvgIpc) is 2.50. The first-order chi connectivity index (χ1) is 10.8. The molecule has 3 rings (SSSR count). The Balaban J connectivity index is 2.45. The number of nitrogens with zero attached hydrogens (tertiary/aromatic N) is 1. The van der Waals surface area contributed by atoms with Gasteiger partial charge in [-0.05, 0) is 30.2 Å². The van der Waals surface area contributed by atoms with Crippen LogP contribution >= 0.6 is 0 Å². The summed E-state index contributed by atoms with van der Waals surface area (Å²) in [5.41, 5.74) is 0.339. The standard InChI is InChI=1S/C17H12F3NO2/c1-2-10-11-7-6-9(17(18,19)20)8-14(11)21-15-12(10)4-3-5-13(15)16(22)23/h3-8H,2H2,1H3,(H,22,23). The van der Waals surface area contributed by atoms with E-state index in [9.17, 15) is 23.1 Å². The third kappa shape index (κ3) is 2.50. The highest BCUT2D eigenvalue weighted by molar-refractivity contribution is 6.07. The number of hydrogen-bond donors (Lipinski definition) is 1. The summed E-state index contributed by atoms with van der Waals surface area (Å²) >= 11 is 0. The SMILES string of the molecule is CCc1c2ccc(C(F)(F)F)cc2nc2c(C(=O)O)cccc12. The van der Waals surface area contributed by atoms with Gasteiger partial charge in [0.1, 0.15) is 0 Å². The van der Waals surface area contributed by atoms with Crippen LogP contribution in [0, 0.1) is 0 Å². The number of aromatic nitrogens is 1. The number of benzene rings is 2. The summed E-state index contributed by atoms with van der Waals surface area (Å²) in [6, 6.07) is 8.14. The third-order valence-electron chi connectivity index (χ3n) is 3.83. The van der Waals surface area contributed by atoms with Crippen molar-refractivity contribution in [1.82, 2.24) is 4.98 Å². The van der Waals surface area contributed by atoms with E-state index < -0.39 is 17.7 Å². The maximum Gasteiger partial charge on any atom is 0.416 e. The van der Waals surface area contributed by atoms with E-state index in [1.807, 2.05) is 6.92 Å². The number of fused-ring (bicyclic) bond motifs is 2. The van der Waals surface area contributed by atoms with E-state index in [1.165, 1.54) is 12.1 Å². The molecule has 3 aromatic rings. The van der Waals surface area contributed by atoms with Gasteiger partial charge in [-0.3, -0.25) is 0 Å². The molecule has 0 saturated carbocycles. The van der Waals surface area contributed by atoms with Crippen molar-refractivity contribution in [3.05, 3.63) is 53.1 Å². The number of hydrogen-bond acceptors (Lipinski definition) is 2. The average molecular weight is 319 g/mol. The fraction of sp³-hybridized carbons (Fsp3) is 0.176. The number of rotatable bonds is 2. The first-order valence-corrected chi connectivity index (χ1v) is 6.98. The molecule has 0 amide bonds. The Morgan fingerprint density at radius 3 is 2.52 bits per heavy atom. The molecule has 1 N–H and O–H groups in total. The molecule has 0 atom stereocenters. The van der Waals surface area contributed by atoms with Crippen molar-refractivity contribution >= 4 is 27.8 Å². The Morgan fingerprint density at radius 2 is 1.91 bits per heavy atom. The molecule has 0 aliphatic heterocycles. The minimum atomic E-state index is -4.47. The van der Waals surface area contributed by atoms with E-state index in [4.69, 9.17) is 0 Å². The quantitative estimate of drug-likeness (QED) is 0.698. The van der Waals surface area contributed by atoms with Crippen molar-refractivity contribution in [2.75, 3.05) is 0 Å². The van der Waals surface area contributed by atoms with E-state index in [2.05, 4.69) is 4.98 Å². The molecule has 23 heavy (non-hydrogen) atoms. The van der Waals surface area contributed by atoms with Gasteiger partial charge in [0.25, 0.3) is 0 Å². The van der Waals surface area contributed by atoms with Gasteiger partial charge in [-0.25, -0.2) is 9.78 Å². The van der Waals surface area contributed by atoms with Crippen LogP contribution in [0.25, 0.3) is 21.8 Å². The Bertz CT molecular complexity index is 932. The Kier molecular flexibility index (Phi) is 3.47. The number of alkyl halides is 3. The van der Waals surface area contributed by atoms with Crippen LogP contribution in [0.2, 0.25) is 0 Å². The molecule has 3 nitrogen and oxygen atoms in total. The monoisotopic (exact) mass is 319 g/mol. The van der Waals surface area contributed by atoms with Gasteiger partial charge in [0, 0.05) is 10.8 Å². The molecule has 0 spiro atoms. The maximum absolute atomic E-state index is 12.9. The first kappa shape index (κ1) is 15.3. The van der Waals surface area contributed by atoms with Gasteiger partial charge >= 0.3 is 12.1 Å². The van der Waals surface area contributed by atoms with Crippen LogP contribution in [0.15, 0.2) is 36.4 Å². The molecule has 0 saturated heterocycles. The van der Waals surface area contributed by atoms with Gasteiger partial charge in [-0.1, -0.05) is 25.1 Å². The highest BCUT2D eigenvalue weighted by Gasteiger charge is 2.31. The normalized spacial score (nSPS) is 12.0. The van der Waals surface area contributed by atoms with Crippen LogP contribution in [-0.4, -0.2) is 16.1 Å². The molecule has 1 aromatic heterocycles. The number of carboxylic acids is 1. The smallest absolute Gasteiger partial charge is 0.416 e. The summed E-state index contributed by atoms with van der Waals surface area (Å²) < 4.78 is 38.7. The molecule has 0 radical (unpaired) electrons. The van der Waals surface area contributed by atoms with Crippen molar-refractivity contribution in [2.45, 2.75) is 19.5 Å². The van der Waals surface area contributed by atoms with E-state index in [0.29, 0.717) is 17.2 Å². The number of halogens is 3.